The van der Waals surface area contributed by atoms with Gasteiger partial charge in [0.1, 0.15) is 0 Å². The lowest BCUT2D eigenvalue weighted by atomic mass is 9.92. The van der Waals surface area contributed by atoms with Crippen LogP contribution in [0.15, 0.2) is 18.2 Å². The molecule has 3 N–H and O–H groups in total. The van der Waals surface area contributed by atoms with Gasteiger partial charge < -0.3 is 5.43 Å². The van der Waals surface area contributed by atoms with Crippen molar-refractivity contribution in [3.63, 3.8) is 0 Å². The SMILES string of the molecule is Cc1c(C)c(C)c2c(C)cccc2c1NN. The van der Waals surface area contributed by atoms with E-state index in [4.69, 9.17) is 5.84 Å². The number of nitrogens with two attached hydrogens (primary N) is 1. The van der Waals surface area contributed by atoms with Gasteiger partial charge in [-0.2, -0.15) is 0 Å². The third kappa shape index (κ3) is 1.38. The van der Waals surface area contributed by atoms with Gasteiger partial charge in [0.25, 0.3) is 0 Å². The van der Waals surface area contributed by atoms with Gasteiger partial charge in [0.2, 0.25) is 0 Å². The van der Waals surface area contributed by atoms with Crippen molar-refractivity contribution >= 4 is 16.5 Å². The van der Waals surface area contributed by atoms with E-state index >= 15 is 0 Å². The van der Waals surface area contributed by atoms with Crippen LogP contribution in [0.4, 0.5) is 5.69 Å². The van der Waals surface area contributed by atoms with Gasteiger partial charge in [0.05, 0.1) is 5.69 Å². The summed E-state index contributed by atoms with van der Waals surface area (Å²) in [6.07, 6.45) is 0. The molecule has 2 nitrogen and oxygen atoms in total. The molecule has 2 aromatic rings. The highest BCUT2D eigenvalue weighted by atomic mass is 15.2. The van der Waals surface area contributed by atoms with Gasteiger partial charge in [-0.05, 0) is 55.3 Å². The molecule has 0 aliphatic heterocycles. The van der Waals surface area contributed by atoms with Crippen molar-refractivity contribution in [2.45, 2.75) is 27.7 Å². The molecule has 0 aliphatic rings. The third-order valence-corrected chi connectivity index (χ3v) is 3.56. The lowest BCUT2D eigenvalue weighted by molar-refractivity contribution is 1.25. The second kappa shape index (κ2) is 3.80. The van der Waals surface area contributed by atoms with Gasteiger partial charge in [0, 0.05) is 5.39 Å². The monoisotopic (exact) mass is 214 g/mol. The minimum absolute atomic E-state index is 1.04. The van der Waals surface area contributed by atoms with Crippen molar-refractivity contribution in [3.8, 4) is 0 Å². The van der Waals surface area contributed by atoms with Crippen LogP contribution in [0.25, 0.3) is 10.8 Å². The number of fused-ring (bicyclic) bond motifs is 1. The minimum Gasteiger partial charge on any atom is -0.323 e. The smallest absolute Gasteiger partial charge is 0.0595 e. The molecular formula is C14H18N2. The number of nitrogens with one attached hydrogen (secondary N) is 1. The number of anilines is 1. The summed E-state index contributed by atoms with van der Waals surface area (Å²) >= 11 is 0. The number of aryl methyl sites for hydroxylation is 2. The summed E-state index contributed by atoms with van der Waals surface area (Å²) in [4.78, 5) is 0. The molecule has 84 valence electrons. The molecule has 0 amide bonds. The molecule has 0 aromatic heterocycles. The van der Waals surface area contributed by atoms with E-state index in [-0.39, 0.29) is 0 Å². The van der Waals surface area contributed by atoms with Gasteiger partial charge >= 0.3 is 0 Å². The van der Waals surface area contributed by atoms with Crippen molar-refractivity contribution < 1.29 is 0 Å². The average molecular weight is 214 g/mol. The van der Waals surface area contributed by atoms with E-state index in [1.807, 2.05) is 0 Å². The van der Waals surface area contributed by atoms with E-state index in [1.165, 1.54) is 33.0 Å². The Hall–Kier alpha value is -1.54. The average Bonchev–Trinajstić information content (AvgIpc) is 2.27. The Labute approximate surface area is 96.4 Å². The summed E-state index contributed by atoms with van der Waals surface area (Å²) in [7, 11) is 0. The first-order valence-corrected chi connectivity index (χ1v) is 5.53. The molecule has 0 saturated carbocycles. The maximum atomic E-state index is 5.64. The highest BCUT2D eigenvalue weighted by molar-refractivity contribution is 6.00. The molecule has 0 unspecified atom stereocenters. The molecule has 0 heterocycles. The molecule has 0 bridgehead atoms. The lowest BCUT2D eigenvalue weighted by Crippen LogP contribution is -2.10. The van der Waals surface area contributed by atoms with Crippen LogP contribution in [-0.4, -0.2) is 0 Å². The number of rotatable bonds is 1. The number of nitrogen functional groups attached to an aromatic ring is 1. The zero-order valence-electron chi connectivity index (χ0n) is 10.3. The molecule has 2 rings (SSSR count). The predicted molar refractivity (Wildman–Crippen MR) is 70.7 cm³/mol. The standard InChI is InChI=1S/C14H18N2/c1-8-6-5-7-12-13(8)10(3)9(2)11(4)14(12)16-15/h5-7,16H,15H2,1-4H3. The van der Waals surface area contributed by atoms with Crippen molar-refractivity contribution in [1.29, 1.82) is 0 Å². The summed E-state index contributed by atoms with van der Waals surface area (Å²) in [5.74, 6) is 5.64. The molecule has 0 spiro atoms. The zero-order valence-corrected chi connectivity index (χ0v) is 10.3. The first-order chi connectivity index (χ1) is 7.57. The fourth-order valence-electron chi connectivity index (χ4n) is 2.42. The highest BCUT2D eigenvalue weighted by Crippen LogP contribution is 2.34. The third-order valence-electron chi connectivity index (χ3n) is 3.56. The number of hydrazine groups is 1. The Kier molecular flexibility index (Phi) is 2.60. The normalized spacial score (nSPS) is 10.8. The first-order valence-electron chi connectivity index (χ1n) is 5.53. The van der Waals surface area contributed by atoms with Gasteiger partial charge in [-0.3, -0.25) is 5.84 Å². The second-order valence-corrected chi connectivity index (χ2v) is 4.39. The number of hydrogen-bond acceptors (Lipinski definition) is 2. The quantitative estimate of drug-likeness (QED) is 0.564. The predicted octanol–water partition coefficient (Wildman–Crippen LogP) is 3.36. The molecule has 16 heavy (non-hydrogen) atoms. The molecule has 0 atom stereocenters. The first kappa shape index (κ1) is 11.0. The summed E-state index contributed by atoms with van der Waals surface area (Å²) in [5.41, 5.74) is 9.08. The van der Waals surface area contributed by atoms with Crippen molar-refractivity contribution in [2.24, 2.45) is 5.84 Å². The molecule has 0 fully saturated rings. The molecule has 2 heteroatoms. The Morgan fingerprint density at radius 2 is 1.62 bits per heavy atom. The molecule has 2 aromatic carbocycles. The maximum absolute atomic E-state index is 5.64. The summed E-state index contributed by atoms with van der Waals surface area (Å²) in [5, 5.41) is 2.53. The summed E-state index contributed by atoms with van der Waals surface area (Å²) in [6.45, 7) is 8.58. The number of benzene rings is 2. The summed E-state index contributed by atoms with van der Waals surface area (Å²) < 4.78 is 0. The van der Waals surface area contributed by atoms with Gasteiger partial charge in [-0.15, -0.1) is 0 Å². The Morgan fingerprint density at radius 1 is 0.938 bits per heavy atom. The van der Waals surface area contributed by atoms with E-state index in [0.717, 1.165) is 5.69 Å². The molecule has 0 aliphatic carbocycles. The maximum Gasteiger partial charge on any atom is 0.0595 e. The van der Waals surface area contributed by atoms with Crippen LogP contribution in [0.3, 0.4) is 0 Å². The molecular weight excluding hydrogens is 196 g/mol. The van der Waals surface area contributed by atoms with Crippen LogP contribution >= 0.6 is 0 Å². The fraction of sp³-hybridized carbons (Fsp3) is 0.286. The van der Waals surface area contributed by atoms with E-state index in [2.05, 4.69) is 51.3 Å². The molecule has 0 radical (unpaired) electrons. The zero-order chi connectivity index (χ0) is 11.9. The highest BCUT2D eigenvalue weighted by Gasteiger charge is 2.11. The Balaban J connectivity index is 3.04. The van der Waals surface area contributed by atoms with Gasteiger partial charge in [-0.25, -0.2) is 0 Å². The van der Waals surface area contributed by atoms with Crippen LogP contribution < -0.4 is 11.3 Å². The van der Waals surface area contributed by atoms with E-state index in [9.17, 15) is 0 Å². The largest absolute Gasteiger partial charge is 0.323 e. The second-order valence-electron chi connectivity index (χ2n) is 4.39. The molecule has 0 saturated heterocycles. The lowest BCUT2D eigenvalue weighted by Gasteiger charge is -2.17. The van der Waals surface area contributed by atoms with Crippen LogP contribution in [0.2, 0.25) is 0 Å². The van der Waals surface area contributed by atoms with E-state index < -0.39 is 0 Å². The van der Waals surface area contributed by atoms with Crippen molar-refractivity contribution in [2.75, 3.05) is 5.43 Å². The van der Waals surface area contributed by atoms with Gasteiger partial charge in [0.15, 0.2) is 0 Å². The Morgan fingerprint density at radius 3 is 2.25 bits per heavy atom. The van der Waals surface area contributed by atoms with Crippen molar-refractivity contribution in [1.82, 2.24) is 0 Å². The topological polar surface area (TPSA) is 38.0 Å². The Bertz CT molecular complexity index is 556. The van der Waals surface area contributed by atoms with Crippen LogP contribution in [0.1, 0.15) is 22.3 Å². The number of hydrogen-bond donors (Lipinski definition) is 2. The van der Waals surface area contributed by atoms with Gasteiger partial charge in [-0.1, -0.05) is 18.2 Å². The fourth-order valence-corrected chi connectivity index (χ4v) is 2.42. The van der Waals surface area contributed by atoms with Crippen LogP contribution in [0, 0.1) is 27.7 Å². The minimum atomic E-state index is 1.04. The van der Waals surface area contributed by atoms with Crippen molar-refractivity contribution in [3.05, 3.63) is 40.5 Å². The van der Waals surface area contributed by atoms with E-state index in [1.54, 1.807) is 0 Å². The summed E-state index contributed by atoms with van der Waals surface area (Å²) in [6, 6.07) is 6.34. The van der Waals surface area contributed by atoms with Crippen LogP contribution in [0.5, 0.6) is 0 Å². The van der Waals surface area contributed by atoms with E-state index in [0.29, 0.717) is 0 Å². The van der Waals surface area contributed by atoms with Crippen LogP contribution in [-0.2, 0) is 0 Å².